The first-order valence-electron chi connectivity index (χ1n) is 9.00. The molecule has 0 saturated heterocycles. The number of hydrogen-bond acceptors (Lipinski definition) is 7. The summed E-state index contributed by atoms with van der Waals surface area (Å²) in [5.74, 6) is -1.64. The number of amides is 2. The number of rotatable bonds is 7. The first-order chi connectivity index (χ1) is 13.2. The van der Waals surface area contributed by atoms with Gasteiger partial charge >= 0.3 is 5.97 Å². The molecule has 0 spiro atoms. The summed E-state index contributed by atoms with van der Waals surface area (Å²) >= 11 is 1.44. The van der Waals surface area contributed by atoms with E-state index < -0.39 is 36.2 Å². The highest BCUT2D eigenvalue weighted by Gasteiger charge is 2.35. The van der Waals surface area contributed by atoms with Crippen LogP contribution in [0.25, 0.3) is 0 Å². The zero-order chi connectivity index (χ0) is 20.8. The third-order valence-electron chi connectivity index (χ3n) is 4.51. The molecule has 9 heteroatoms. The van der Waals surface area contributed by atoms with Gasteiger partial charge in [-0.05, 0) is 17.4 Å². The van der Waals surface area contributed by atoms with E-state index in [4.69, 9.17) is 4.74 Å². The minimum atomic E-state index is -1.23. The predicted molar refractivity (Wildman–Crippen MR) is 103 cm³/mol. The fourth-order valence-electron chi connectivity index (χ4n) is 2.93. The zero-order valence-electron chi connectivity index (χ0n) is 16.0. The number of methoxy groups -OCH3 is 1. The molecule has 0 unspecified atom stereocenters. The van der Waals surface area contributed by atoms with Crippen LogP contribution in [0.2, 0.25) is 0 Å². The summed E-state index contributed by atoms with van der Waals surface area (Å²) in [4.78, 5) is 37.5. The molecule has 28 heavy (non-hydrogen) atoms. The average molecular weight is 410 g/mol. The lowest BCUT2D eigenvalue weighted by atomic mass is 9.89. The van der Waals surface area contributed by atoms with Gasteiger partial charge in [-0.25, -0.2) is 4.79 Å². The molecular formula is C19H26N2O6S. The van der Waals surface area contributed by atoms with Gasteiger partial charge in [-0.2, -0.15) is 0 Å². The Morgan fingerprint density at radius 2 is 2.04 bits per heavy atom. The summed E-state index contributed by atoms with van der Waals surface area (Å²) in [6, 6.07) is 1.91. The number of aliphatic hydroxyl groups excluding tert-OH is 2. The van der Waals surface area contributed by atoms with Gasteiger partial charge in [0.2, 0.25) is 11.8 Å². The number of esters is 1. The van der Waals surface area contributed by atoms with E-state index in [-0.39, 0.29) is 30.2 Å². The molecule has 2 amide bonds. The molecule has 1 aliphatic rings. The number of carbonyl (C=O) groups excluding carboxylic acids is 3. The van der Waals surface area contributed by atoms with Crippen molar-refractivity contribution in [2.45, 2.75) is 51.0 Å². The Morgan fingerprint density at radius 1 is 1.32 bits per heavy atom. The molecule has 1 aromatic rings. The van der Waals surface area contributed by atoms with E-state index in [1.165, 1.54) is 24.5 Å². The second kappa shape index (κ2) is 9.81. The average Bonchev–Trinajstić information content (AvgIpc) is 3.14. The predicted octanol–water partition coefficient (Wildman–Crippen LogP) is 0.141. The first-order valence-corrected chi connectivity index (χ1v) is 9.88. The first kappa shape index (κ1) is 22.1. The molecule has 0 bridgehead atoms. The van der Waals surface area contributed by atoms with Crippen LogP contribution in [0.3, 0.4) is 0 Å². The topological polar surface area (TPSA) is 125 Å². The normalized spacial score (nSPS) is 22.9. The van der Waals surface area contributed by atoms with Crippen LogP contribution >= 0.6 is 11.3 Å². The Bertz CT molecular complexity index is 731. The van der Waals surface area contributed by atoms with Crippen molar-refractivity contribution in [2.75, 3.05) is 7.11 Å². The lowest BCUT2D eigenvalue weighted by Crippen LogP contribution is -2.52. The third-order valence-corrected chi connectivity index (χ3v) is 5.39. The SMILES string of the molecule is COC(=O)[C@H](NC(=O)C1=C[C@@H](NC(=O)Cc2cccs2)[C@@H](O)[C@H](O)C1)C(C)C. The van der Waals surface area contributed by atoms with E-state index in [0.29, 0.717) is 0 Å². The van der Waals surface area contributed by atoms with E-state index >= 15 is 0 Å². The monoisotopic (exact) mass is 410 g/mol. The summed E-state index contributed by atoms with van der Waals surface area (Å²) in [7, 11) is 1.24. The molecule has 2 rings (SSSR count). The van der Waals surface area contributed by atoms with Gasteiger partial charge in [0.15, 0.2) is 0 Å². The van der Waals surface area contributed by atoms with E-state index in [2.05, 4.69) is 10.6 Å². The molecule has 1 heterocycles. The number of hydrogen-bond donors (Lipinski definition) is 4. The second-order valence-electron chi connectivity index (χ2n) is 7.02. The molecular weight excluding hydrogens is 384 g/mol. The maximum Gasteiger partial charge on any atom is 0.328 e. The number of carbonyl (C=O) groups is 3. The maximum absolute atomic E-state index is 12.6. The molecule has 4 N–H and O–H groups in total. The minimum absolute atomic E-state index is 0.0870. The molecule has 0 fully saturated rings. The highest BCUT2D eigenvalue weighted by molar-refractivity contribution is 7.10. The highest BCUT2D eigenvalue weighted by atomic mass is 32.1. The Hall–Kier alpha value is -2.23. The number of ether oxygens (including phenoxy) is 1. The molecule has 8 nitrogen and oxygen atoms in total. The Morgan fingerprint density at radius 3 is 2.61 bits per heavy atom. The Kier molecular flexibility index (Phi) is 7.73. The van der Waals surface area contributed by atoms with Crippen molar-refractivity contribution in [3.63, 3.8) is 0 Å². The number of aliphatic hydroxyl groups is 2. The van der Waals surface area contributed by atoms with Gasteiger partial charge in [-0.15, -0.1) is 11.3 Å². The molecule has 0 saturated carbocycles. The van der Waals surface area contributed by atoms with Gasteiger partial charge in [-0.1, -0.05) is 26.0 Å². The highest BCUT2D eigenvalue weighted by Crippen LogP contribution is 2.21. The van der Waals surface area contributed by atoms with E-state index in [9.17, 15) is 24.6 Å². The molecule has 0 radical (unpaired) electrons. The van der Waals surface area contributed by atoms with Gasteiger partial charge in [0.1, 0.15) is 12.1 Å². The van der Waals surface area contributed by atoms with Crippen molar-refractivity contribution in [1.82, 2.24) is 10.6 Å². The van der Waals surface area contributed by atoms with Gasteiger partial charge in [0.25, 0.3) is 0 Å². The Balaban J connectivity index is 2.09. The molecule has 154 valence electrons. The number of thiophene rings is 1. The van der Waals surface area contributed by atoms with Crippen LogP contribution in [0.1, 0.15) is 25.1 Å². The second-order valence-corrected chi connectivity index (χ2v) is 8.05. The molecule has 4 atom stereocenters. The summed E-state index contributed by atoms with van der Waals surface area (Å²) in [6.07, 6.45) is -0.965. The Labute approximate surface area is 167 Å². The van der Waals surface area contributed by atoms with Crippen LogP contribution in [0.15, 0.2) is 29.2 Å². The van der Waals surface area contributed by atoms with Crippen molar-refractivity contribution in [2.24, 2.45) is 5.92 Å². The maximum atomic E-state index is 12.6. The van der Waals surface area contributed by atoms with Gasteiger partial charge in [-0.3, -0.25) is 9.59 Å². The van der Waals surface area contributed by atoms with E-state index in [1.54, 1.807) is 13.8 Å². The van der Waals surface area contributed by atoms with E-state index in [1.807, 2.05) is 17.5 Å². The summed E-state index contributed by atoms with van der Waals surface area (Å²) in [5.41, 5.74) is 0.189. The van der Waals surface area contributed by atoms with Gasteiger partial charge < -0.3 is 25.6 Å². The van der Waals surface area contributed by atoms with Crippen LogP contribution in [-0.4, -0.2) is 59.4 Å². The molecule has 1 aromatic heterocycles. The quantitative estimate of drug-likeness (QED) is 0.474. The third kappa shape index (κ3) is 5.63. The summed E-state index contributed by atoms with van der Waals surface area (Å²) in [5, 5.41) is 27.4. The van der Waals surface area contributed by atoms with Gasteiger partial charge in [0, 0.05) is 16.9 Å². The molecule has 1 aliphatic carbocycles. The molecule has 0 aromatic carbocycles. The number of nitrogens with one attached hydrogen (secondary N) is 2. The van der Waals surface area contributed by atoms with Gasteiger partial charge in [0.05, 0.1) is 25.7 Å². The fourth-order valence-corrected chi connectivity index (χ4v) is 3.63. The summed E-state index contributed by atoms with van der Waals surface area (Å²) in [6.45, 7) is 3.53. The van der Waals surface area contributed by atoms with Crippen molar-refractivity contribution in [3.8, 4) is 0 Å². The smallest absolute Gasteiger partial charge is 0.328 e. The van der Waals surface area contributed by atoms with E-state index in [0.717, 1.165) is 4.88 Å². The lowest BCUT2D eigenvalue weighted by molar-refractivity contribution is -0.146. The van der Waals surface area contributed by atoms with Crippen LogP contribution < -0.4 is 10.6 Å². The lowest BCUT2D eigenvalue weighted by Gasteiger charge is -2.31. The van der Waals surface area contributed by atoms with Crippen LogP contribution in [0.5, 0.6) is 0 Å². The standard InChI is InChI=1S/C19H26N2O6S/c1-10(2)16(19(26)27-3)21-18(25)11-7-13(17(24)14(22)8-11)20-15(23)9-12-5-4-6-28-12/h4-7,10,13-14,16-17,22,24H,8-9H2,1-3H3,(H,20,23)(H,21,25)/t13-,14-,16-,17-/m1/s1. The van der Waals surface area contributed by atoms with Crippen LogP contribution in [0, 0.1) is 5.92 Å². The van der Waals surface area contributed by atoms with Crippen molar-refractivity contribution >= 4 is 29.1 Å². The largest absolute Gasteiger partial charge is 0.467 e. The van der Waals surface area contributed by atoms with Crippen molar-refractivity contribution < 1.29 is 29.3 Å². The van der Waals surface area contributed by atoms with Crippen LogP contribution in [0.4, 0.5) is 0 Å². The zero-order valence-corrected chi connectivity index (χ0v) is 16.9. The molecule has 0 aliphatic heterocycles. The minimum Gasteiger partial charge on any atom is -0.467 e. The summed E-state index contributed by atoms with van der Waals surface area (Å²) < 4.78 is 4.71. The fraction of sp³-hybridized carbons (Fsp3) is 0.526. The van der Waals surface area contributed by atoms with Crippen LogP contribution in [-0.2, 0) is 25.5 Å². The van der Waals surface area contributed by atoms with Crippen molar-refractivity contribution in [3.05, 3.63) is 34.0 Å². The van der Waals surface area contributed by atoms with Crippen molar-refractivity contribution in [1.29, 1.82) is 0 Å².